The molecule has 1 unspecified atom stereocenters. The first kappa shape index (κ1) is 20.1. The molecule has 0 spiro atoms. The normalized spacial score (nSPS) is 18.2. The van der Waals surface area contributed by atoms with E-state index in [4.69, 9.17) is 4.74 Å². The van der Waals surface area contributed by atoms with Gasteiger partial charge in [-0.25, -0.2) is 0 Å². The Balaban J connectivity index is 1.77. The first-order valence-electron chi connectivity index (χ1n) is 9.10. The maximum absolute atomic E-state index is 12.0. The second-order valence-corrected chi connectivity index (χ2v) is 6.93. The number of nitrogens with one attached hydrogen (secondary N) is 2. The van der Waals surface area contributed by atoms with E-state index >= 15 is 0 Å². The minimum atomic E-state index is -0.148. The standard InChI is InChI=1S/C20H29N3O3/c1-15(2)13-23-10-11-26-18(14-23)12-22-19(24)9-6-16-4-7-17(8-5-16)20(25)21-3/h4-9,15,18H,10-14H2,1-3H3,(H,21,25)(H,22,24)/b9-6+. The number of hydrogen-bond donors (Lipinski definition) is 2. The predicted molar refractivity (Wildman–Crippen MR) is 103 cm³/mol. The SMILES string of the molecule is CNC(=O)c1ccc(/C=C/C(=O)NCC2CN(CC(C)C)CCO2)cc1. The molecular formula is C20H29N3O3. The first-order chi connectivity index (χ1) is 12.5. The lowest BCUT2D eigenvalue weighted by molar-refractivity contribution is -0.117. The number of carbonyl (C=O) groups excluding carboxylic acids is 2. The number of amides is 2. The smallest absolute Gasteiger partial charge is 0.251 e. The summed E-state index contributed by atoms with van der Waals surface area (Å²) in [5.74, 6) is 0.350. The van der Waals surface area contributed by atoms with Crippen LogP contribution < -0.4 is 10.6 Å². The highest BCUT2D eigenvalue weighted by molar-refractivity contribution is 5.94. The lowest BCUT2D eigenvalue weighted by atomic mass is 10.1. The van der Waals surface area contributed by atoms with Crippen LogP contribution in [0, 0.1) is 5.92 Å². The van der Waals surface area contributed by atoms with E-state index in [9.17, 15) is 9.59 Å². The third-order valence-electron chi connectivity index (χ3n) is 4.18. The summed E-state index contributed by atoms with van der Waals surface area (Å²) in [5.41, 5.74) is 1.46. The number of ether oxygens (including phenoxy) is 1. The average Bonchev–Trinajstić information content (AvgIpc) is 2.64. The molecule has 6 nitrogen and oxygen atoms in total. The van der Waals surface area contributed by atoms with E-state index in [1.807, 2.05) is 12.1 Å². The van der Waals surface area contributed by atoms with Crippen LogP contribution in [0.3, 0.4) is 0 Å². The van der Waals surface area contributed by atoms with Crippen molar-refractivity contribution in [2.45, 2.75) is 20.0 Å². The molecule has 1 aliphatic rings. The lowest BCUT2D eigenvalue weighted by Crippen LogP contribution is -2.48. The maximum atomic E-state index is 12.0. The summed E-state index contributed by atoms with van der Waals surface area (Å²) in [4.78, 5) is 25.9. The van der Waals surface area contributed by atoms with Crippen LogP contribution >= 0.6 is 0 Å². The van der Waals surface area contributed by atoms with E-state index < -0.39 is 0 Å². The molecule has 1 heterocycles. The zero-order chi connectivity index (χ0) is 18.9. The van der Waals surface area contributed by atoms with E-state index in [-0.39, 0.29) is 17.9 Å². The van der Waals surface area contributed by atoms with Crippen molar-refractivity contribution in [3.63, 3.8) is 0 Å². The molecule has 2 N–H and O–H groups in total. The van der Waals surface area contributed by atoms with Gasteiger partial charge in [0.15, 0.2) is 0 Å². The maximum Gasteiger partial charge on any atom is 0.251 e. The quantitative estimate of drug-likeness (QED) is 0.725. The monoisotopic (exact) mass is 359 g/mol. The van der Waals surface area contributed by atoms with Gasteiger partial charge in [0.05, 0.1) is 12.7 Å². The van der Waals surface area contributed by atoms with Crippen molar-refractivity contribution in [3.05, 3.63) is 41.5 Å². The molecule has 142 valence electrons. The Kier molecular flexibility index (Phi) is 7.81. The molecule has 0 bridgehead atoms. The van der Waals surface area contributed by atoms with Crippen LogP contribution in [0.5, 0.6) is 0 Å². The fourth-order valence-electron chi connectivity index (χ4n) is 2.92. The van der Waals surface area contributed by atoms with Crippen LogP contribution in [-0.2, 0) is 9.53 Å². The van der Waals surface area contributed by atoms with Crippen molar-refractivity contribution in [2.24, 2.45) is 5.92 Å². The van der Waals surface area contributed by atoms with Crippen molar-refractivity contribution in [2.75, 3.05) is 39.8 Å². The summed E-state index contributed by atoms with van der Waals surface area (Å²) in [7, 11) is 1.60. The van der Waals surface area contributed by atoms with Gasteiger partial charge in [0.2, 0.25) is 5.91 Å². The van der Waals surface area contributed by atoms with E-state index in [2.05, 4.69) is 29.4 Å². The van der Waals surface area contributed by atoms with Gasteiger partial charge in [0, 0.05) is 44.9 Å². The van der Waals surface area contributed by atoms with Crippen molar-refractivity contribution in [3.8, 4) is 0 Å². The van der Waals surface area contributed by atoms with Gasteiger partial charge in [-0.15, -0.1) is 0 Å². The molecule has 1 atom stereocenters. The fourth-order valence-corrected chi connectivity index (χ4v) is 2.92. The van der Waals surface area contributed by atoms with Gasteiger partial charge < -0.3 is 15.4 Å². The molecule has 1 aliphatic heterocycles. The van der Waals surface area contributed by atoms with Crippen LogP contribution in [-0.4, -0.2) is 62.7 Å². The van der Waals surface area contributed by atoms with Gasteiger partial charge in [0.1, 0.15) is 0 Å². The zero-order valence-corrected chi connectivity index (χ0v) is 15.8. The van der Waals surface area contributed by atoms with Crippen molar-refractivity contribution in [1.29, 1.82) is 0 Å². The van der Waals surface area contributed by atoms with Gasteiger partial charge in [0.25, 0.3) is 5.91 Å². The number of carbonyl (C=O) groups is 2. The van der Waals surface area contributed by atoms with Crippen LogP contribution in [0.25, 0.3) is 6.08 Å². The lowest BCUT2D eigenvalue weighted by Gasteiger charge is -2.33. The molecule has 1 saturated heterocycles. The molecule has 6 heteroatoms. The van der Waals surface area contributed by atoms with E-state index in [1.165, 1.54) is 6.08 Å². The molecule has 1 aromatic carbocycles. The summed E-state index contributed by atoms with van der Waals surface area (Å²) < 4.78 is 5.73. The van der Waals surface area contributed by atoms with Crippen LogP contribution in [0.4, 0.5) is 0 Å². The number of nitrogens with zero attached hydrogens (tertiary/aromatic N) is 1. The molecule has 2 amide bonds. The number of hydrogen-bond acceptors (Lipinski definition) is 4. The van der Waals surface area contributed by atoms with Gasteiger partial charge in [-0.2, -0.15) is 0 Å². The Morgan fingerprint density at radius 2 is 2.04 bits per heavy atom. The van der Waals surface area contributed by atoms with E-state index in [0.717, 1.165) is 25.2 Å². The fraction of sp³-hybridized carbons (Fsp3) is 0.500. The number of benzene rings is 1. The summed E-state index contributed by atoms with van der Waals surface area (Å²) >= 11 is 0. The molecule has 0 aliphatic carbocycles. The molecular weight excluding hydrogens is 330 g/mol. The highest BCUT2D eigenvalue weighted by Crippen LogP contribution is 2.08. The zero-order valence-electron chi connectivity index (χ0n) is 15.8. The molecule has 0 saturated carbocycles. The van der Waals surface area contributed by atoms with Gasteiger partial charge in [-0.05, 0) is 29.7 Å². The average molecular weight is 359 g/mol. The van der Waals surface area contributed by atoms with Crippen LogP contribution in [0.2, 0.25) is 0 Å². The van der Waals surface area contributed by atoms with Gasteiger partial charge in [-0.3, -0.25) is 14.5 Å². The summed E-state index contributed by atoms with van der Waals surface area (Å²) in [5, 5.41) is 5.47. The molecule has 0 radical (unpaired) electrons. The highest BCUT2D eigenvalue weighted by Gasteiger charge is 2.20. The van der Waals surface area contributed by atoms with Crippen molar-refractivity contribution in [1.82, 2.24) is 15.5 Å². The summed E-state index contributed by atoms with van der Waals surface area (Å²) in [6.45, 7) is 8.49. The summed E-state index contributed by atoms with van der Waals surface area (Å²) in [6.07, 6.45) is 3.27. The minimum Gasteiger partial charge on any atom is -0.374 e. The van der Waals surface area contributed by atoms with Gasteiger partial charge in [-0.1, -0.05) is 26.0 Å². The van der Waals surface area contributed by atoms with Crippen LogP contribution in [0.15, 0.2) is 30.3 Å². The molecule has 0 aromatic heterocycles. The molecule has 1 fully saturated rings. The number of morpholine rings is 1. The van der Waals surface area contributed by atoms with Crippen LogP contribution in [0.1, 0.15) is 29.8 Å². The Hall–Kier alpha value is -2.18. The minimum absolute atomic E-state index is 0.0340. The van der Waals surface area contributed by atoms with Crippen molar-refractivity contribution >= 4 is 17.9 Å². The Labute approximate surface area is 155 Å². The third kappa shape index (κ3) is 6.61. The van der Waals surface area contributed by atoms with Crippen molar-refractivity contribution < 1.29 is 14.3 Å². The largest absolute Gasteiger partial charge is 0.374 e. The number of rotatable bonds is 7. The van der Waals surface area contributed by atoms with Gasteiger partial charge >= 0.3 is 0 Å². The van der Waals surface area contributed by atoms with E-state index in [1.54, 1.807) is 25.3 Å². The second-order valence-electron chi connectivity index (χ2n) is 6.93. The molecule has 1 aromatic rings. The van der Waals surface area contributed by atoms with E-state index in [0.29, 0.717) is 24.6 Å². The topological polar surface area (TPSA) is 70.7 Å². The first-order valence-corrected chi connectivity index (χ1v) is 9.10. The third-order valence-corrected chi connectivity index (χ3v) is 4.18. The molecule has 2 rings (SSSR count). The highest BCUT2D eigenvalue weighted by atomic mass is 16.5. The molecule has 26 heavy (non-hydrogen) atoms. The predicted octanol–water partition coefficient (Wildman–Crippen LogP) is 1.53. The Morgan fingerprint density at radius 3 is 2.69 bits per heavy atom. The summed E-state index contributed by atoms with van der Waals surface area (Å²) in [6, 6.07) is 7.08. The Morgan fingerprint density at radius 1 is 1.31 bits per heavy atom. The Bertz CT molecular complexity index is 626. The second kappa shape index (κ2) is 10.1.